The summed E-state index contributed by atoms with van der Waals surface area (Å²) in [5, 5.41) is 3.77. The molecule has 1 aromatic carbocycles. The summed E-state index contributed by atoms with van der Waals surface area (Å²) in [6.07, 6.45) is 4.32. The van der Waals surface area contributed by atoms with Crippen molar-refractivity contribution in [3.63, 3.8) is 0 Å². The quantitative estimate of drug-likeness (QED) is 0.675. The highest BCUT2D eigenvalue weighted by atomic mass is 32.1. The predicted octanol–water partition coefficient (Wildman–Crippen LogP) is 2.64. The van der Waals surface area contributed by atoms with Gasteiger partial charge in [0.05, 0.1) is 12.5 Å². The molecule has 1 aliphatic rings. The Morgan fingerprint density at radius 3 is 2.93 bits per heavy atom. The van der Waals surface area contributed by atoms with Crippen LogP contribution in [0.4, 0.5) is 5.13 Å². The van der Waals surface area contributed by atoms with Crippen molar-refractivity contribution in [2.75, 3.05) is 24.5 Å². The van der Waals surface area contributed by atoms with Crippen LogP contribution in [-0.2, 0) is 11.3 Å². The van der Waals surface area contributed by atoms with Crippen molar-refractivity contribution in [2.24, 2.45) is 5.92 Å². The lowest BCUT2D eigenvalue weighted by Gasteiger charge is -2.31. The smallest absolute Gasteiger partial charge is 0.273 e. The molecule has 1 fully saturated rings. The van der Waals surface area contributed by atoms with E-state index in [2.05, 4.69) is 20.2 Å². The average Bonchev–Trinajstić information content (AvgIpc) is 3.20. The van der Waals surface area contributed by atoms with Crippen LogP contribution >= 0.6 is 11.3 Å². The molecule has 8 heteroatoms. The van der Waals surface area contributed by atoms with Gasteiger partial charge in [0.2, 0.25) is 5.91 Å². The van der Waals surface area contributed by atoms with Gasteiger partial charge in [-0.3, -0.25) is 14.2 Å². The van der Waals surface area contributed by atoms with Gasteiger partial charge in [-0.2, -0.15) is 4.98 Å². The summed E-state index contributed by atoms with van der Waals surface area (Å²) >= 11 is 1.37. The van der Waals surface area contributed by atoms with E-state index in [1.165, 1.54) is 11.3 Å². The molecule has 0 radical (unpaired) electrons. The van der Waals surface area contributed by atoms with Gasteiger partial charge in [-0.05, 0) is 24.8 Å². The maximum atomic E-state index is 12.9. The topological polar surface area (TPSA) is 80.1 Å². The molecule has 3 heterocycles. The van der Waals surface area contributed by atoms with Crippen LogP contribution in [0.25, 0.3) is 10.3 Å². The van der Waals surface area contributed by atoms with Gasteiger partial charge >= 0.3 is 0 Å². The van der Waals surface area contributed by atoms with E-state index < -0.39 is 0 Å². The van der Waals surface area contributed by atoms with E-state index in [9.17, 15) is 9.59 Å². The molecule has 0 bridgehead atoms. The van der Waals surface area contributed by atoms with Gasteiger partial charge in [0.25, 0.3) is 5.56 Å². The van der Waals surface area contributed by atoms with Crippen molar-refractivity contribution >= 4 is 32.7 Å². The molecule has 0 spiro atoms. The van der Waals surface area contributed by atoms with E-state index >= 15 is 0 Å². The Labute approximate surface area is 173 Å². The first kappa shape index (κ1) is 19.6. The molecule has 1 atom stereocenters. The molecule has 3 aromatic rings. The average molecular weight is 412 g/mol. The summed E-state index contributed by atoms with van der Waals surface area (Å²) in [4.78, 5) is 36.4. The zero-order valence-electron chi connectivity index (χ0n) is 16.5. The zero-order valence-corrected chi connectivity index (χ0v) is 17.3. The maximum absolute atomic E-state index is 12.9. The number of fused-ring (bicyclic) bond motifs is 1. The Kier molecular flexibility index (Phi) is 5.89. The van der Waals surface area contributed by atoms with Crippen LogP contribution < -0.4 is 15.8 Å². The number of thiazole rings is 1. The third kappa shape index (κ3) is 4.32. The molecule has 1 aliphatic heterocycles. The summed E-state index contributed by atoms with van der Waals surface area (Å²) in [5.41, 5.74) is 1.46. The van der Waals surface area contributed by atoms with E-state index in [4.69, 9.17) is 0 Å². The Hall–Kier alpha value is -2.74. The number of amides is 1. The summed E-state index contributed by atoms with van der Waals surface area (Å²) in [7, 11) is 0. The number of benzene rings is 1. The lowest BCUT2D eigenvalue weighted by atomic mass is 9.97. The van der Waals surface area contributed by atoms with Crippen LogP contribution in [0.5, 0.6) is 0 Å². The van der Waals surface area contributed by atoms with Crippen molar-refractivity contribution in [3.05, 3.63) is 52.6 Å². The number of nitrogens with one attached hydrogen (secondary N) is 1. The first-order valence-corrected chi connectivity index (χ1v) is 10.9. The van der Waals surface area contributed by atoms with Gasteiger partial charge in [-0.15, -0.1) is 0 Å². The molecule has 7 nitrogen and oxygen atoms in total. The number of carbonyl (C=O) groups excluding carboxylic acids is 1. The van der Waals surface area contributed by atoms with Crippen molar-refractivity contribution in [2.45, 2.75) is 32.7 Å². The molecule has 1 N–H and O–H groups in total. The minimum atomic E-state index is -0.0724. The van der Waals surface area contributed by atoms with E-state index in [-0.39, 0.29) is 17.4 Å². The highest BCUT2D eigenvalue weighted by Gasteiger charge is 2.27. The van der Waals surface area contributed by atoms with Crippen LogP contribution in [-0.4, -0.2) is 40.1 Å². The Morgan fingerprint density at radius 1 is 1.31 bits per heavy atom. The fraction of sp³-hybridized carbons (Fsp3) is 0.429. The normalized spacial score (nSPS) is 16.9. The molecule has 1 saturated heterocycles. The maximum Gasteiger partial charge on any atom is 0.273 e. The number of rotatable bonds is 6. The summed E-state index contributed by atoms with van der Waals surface area (Å²) in [6.45, 7) is 4.72. The number of nitrogens with zero attached hydrogens (tertiary/aromatic N) is 4. The second-order valence-electron chi connectivity index (χ2n) is 7.39. The number of carbonyl (C=O) groups is 1. The van der Waals surface area contributed by atoms with Crippen LogP contribution in [0.15, 0.2) is 41.5 Å². The molecule has 4 rings (SSSR count). The standard InChI is InChI=1S/C21H25N5O2S/c1-2-10-22-19(27)16-9-6-11-25(13-16)21-24-18-17(29-21)20(28)26(14-23-18)12-15-7-4-3-5-8-15/h3-5,7-8,14,16H,2,6,9-13H2,1H3,(H,22,27). The summed E-state index contributed by atoms with van der Waals surface area (Å²) in [5.74, 6) is 0.0750. The minimum absolute atomic E-state index is 0.0370. The van der Waals surface area contributed by atoms with Gasteiger partial charge in [-0.25, -0.2) is 4.98 Å². The number of piperidine rings is 1. The number of aromatic nitrogens is 3. The van der Waals surface area contributed by atoms with E-state index in [0.717, 1.165) is 36.5 Å². The number of anilines is 1. The summed E-state index contributed by atoms with van der Waals surface area (Å²) < 4.78 is 2.19. The summed E-state index contributed by atoms with van der Waals surface area (Å²) in [6, 6.07) is 9.86. The van der Waals surface area contributed by atoms with E-state index in [1.54, 1.807) is 10.9 Å². The third-order valence-corrected chi connectivity index (χ3v) is 6.27. The monoisotopic (exact) mass is 411 g/mol. The van der Waals surface area contributed by atoms with Crippen LogP contribution in [0.1, 0.15) is 31.7 Å². The van der Waals surface area contributed by atoms with Crippen LogP contribution in [0.2, 0.25) is 0 Å². The number of hydrogen-bond acceptors (Lipinski definition) is 6. The van der Waals surface area contributed by atoms with E-state index in [0.29, 0.717) is 30.0 Å². The van der Waals surface area contributed by atoms with Gasteiger partial charge in [0, 0.05) is 19.6 Å². The molecule has 0 aliphatic carbocycles. The molecular weight excluding hydrogens is 386 g/mol. The molecule has 0 saturated carbocycles. The van der Waals surface area contributed by atoms with Crippen LogP contribution in [0.3, 0.4) is 0 Å². The molecule has 29 heavy (non-hydrogen) atoms. The van der Waals surface area contributed by atoms with Crippen molar-refractivity contribution in [1.82, 2.24) is 19.9 Å². The Morgan fingerprint density at radius 2 is 2.14 bits per heavy atom. The minimum Gasteiger partial charge on any atom is -0.356 e. The molecule has 1 amide bonds. The first-order chi connectivity index (χ1) is 14.2. The van der Waals surface area contributed by atoms with E-state index in [1.807, 2.05) is 37.3 Å². The predicted molar refractivity (Wildman–Crippen MR) is 115 cm³/mol. The zero-order chi connectivity index (χ0) is 20.2. The van der Waals surface area contributed by atoms with Gasteiger partial charge in [0.1, 0.15) is 11.0 Å². The molecule has 1 unspecified atom stereocenters. The van der Waals surface area contributed by atoms with Gasteiger partial charge < -0.3 is 10.2 Å². The van der Waals surface area contributed by atoms with Crippen LogP contribution in [0, 0.1) is 5.92 Å². The van der Waals surface area contributed by atoms with Crippen molar-refractivity contribution in [1.29, 1.82) is 0 Å². The Balaban J connectivity index is 1.55. The largest absolute Gasteiger partial charge is 0.356 e. The third-order valence-electron chi connectivity index (χ3n) is 5.18. The highest BCUT2D eigenvalue weighted by Crippen LogP contribution is 2.29. The SMILES string of the molecule is CCCNC(=O)C1CCCN(c2nc3ncn(Cc4ccccc4)c(=O)c3s2)C1. The second-order valence-corrected chi connectivity index (χ2v) is 8.37. The Bertz CT molecular complexity index is 1050. The number of hydrogen-bond donors (Lipinski definition) is 1. The van der Waals surface area contributed by atoms with Crippen molar-refractivity contribution in [3.8, 4) is 0 Å². The lowest BCUT2D eigenvalue weighted by molar-refractivity contribution is -0.125. The van der Waals surface area contributed by atoms with Gasteiger partial charge in [0.15, 0.2) is 10.8 Å². The fourth-order valence-electron chi connectivity index (χ4n) is 3.62. The van der Waals surface area contributed by atoms with Gasteiger partial charge in [-0.1, -0.05) is 48.6 Å². The second kappa shape index (κ2) is 8.73. The molecule has 2 aromatic heterocycles. The molecular formula is C21H25N5O2S. The fourth-order valence-corrected chi connectivity index (χ4v) is 4.62. The highest BCUT2D eigenvalue weighted by molar-refractivity contribution is 7.22. The lowest BCUT2D eigenvalue weighted by Crippen LogP contribution is -2.43. The first-order valence-electron chi connectivity index (χ1n) is 10.1. The molecule has 152 valence electrons. The van der Waals surface area contributed by atoms with Crippen molar-refractivity contribution < 1.29 is 4.79 Å².